The number of sulfone groups is 1. The second kappa shape index (κ2) is 5.82. The minimum absolute atomic E-state index is 0.120. The minimum atomic E-state index is -3.37. The van der Waals surface area contributed by atoms with Crippen LogP contribution in [-0.2, 0) is 29.4 Å². The highest BCUT2D eigenvalue weighted by Crippen LogP contribution is 2.24. The molecule has 21 heavy (non-hydrogen) atoms. The maximum absolute atomic E-state index is 11.9. The van der Waals surface area contributed by atoms with E-state index in [-0.39, 0.29) is 18.6 Å². The molecule has 0 spiro atoms. The monoisotopic (exact) mass is 340 g/mol. The van der Waals surface area contributed by atoms with E-state index in [2.05, 4.69) is 0 Å². The third-order valence-electron chi connectivity index (χ3n) is 3.70. The number of rotatable bonds is 3. The van der Waals surface area contributed by atoms with Crippen LogP contribution in [0.15, 0.2) is 0 Å². The van der Waals surface area contributed by atoms with Crippen molar-refractivity contribution in [3.63, 3.8) is 0 Å². The lowest BCUT2D eigenvalue weighted by Gasteiger charge is -2.21. The Morgan fingerprint density at radius 3 is 2.38 bits per heavy atom. The number of hydrogen-bond donors (Lipinski definition) is 0. The summed E-state index contributed by atoms with van der Waals surface area (Å²) in [7, 11) is -6.67. The van der Waals surface area contributed by atoms with Crippen LogP contribution in [-0.4, -0.2) is 89.1 Å². The molecule has 2 fully saturated rings. The van der Waals surface area contributed by atoms with E-state index in [9.17, 15) is 21.6 Å². The summed E-state index contributed by atoms with van der Waals surface area (Å²) in [6.07, 6.45) is 1.93. The maximum Gasteiger partial charge on any atom is 0.237 e. The van der Waals surface area contributed by atoms with Crippen LogP contribution in [0, 0.1) is 5.92 Å². The summed E-state index contributed by atoms with van der Waals surface area (Å²) in [5.74, 6) is -1.10. The van der Waals surface area contributed by atoms with Gasteiger partial charge in [-0.2, -0.15) is 4.31 Å². The number of likely N-dealkylation sites (tertiary alicyclic amines) is 1. The third-order valence-corrected chi connectivity index (χ3v) is 5.74. The Morgan fingerprint density at radius 1 is 1.14 bits per heavy atom. The molecule has 122 valence electrons. The van der Waals surface area contributed by atoms with Crippen LogP contribution >= 0.6 is 0 Å². The van der Waals surface area contributed by atoms with Gasteiger partial charge in [0.25, 0.3) is 0 Å². The van der Waals surface area contributed by atoms with Gasteiger partial charge in [-0.25, -0.2) is 16.8 Å². The molecule has 10 heteroatoms. The smallest absolute Gasteiger partial charge is 0.237 e. The highest BCUT2D eigenvalue weighted by atomic mass is 32.2. The fraction of sp³-hybridized carbons (Fsp3) is 0.909. The number of sulfonamides is 1. The number of amides is 1. The van der Waals surface area contributed by atoms with Crippen molar-refractivity contribution in [3.8, 4) is 0 Å². The second-order valence-corrected chi connectivity index (χ2v) is 9.78. The molecule has 2 rings (SSSR count). The van der Waals surface area contributed by atoms with Crippen LogP contribution < -0.4 is 0 Å². The maximum atomic E-state index is 11.9. The van der Waals surface area contributed by atoms with Gasteiger partial charge in [-0.3, -0.25) is 4.79 Å². The molecule has 0 aromatic heterocycles. The fourth-order valence-corrected chi connectivity index (χ4v) is 4.18. The number of nitrogens with zero attached hydrogens (tertiary/aromatic N) is 2. The molecule has 0 radical (unpaired) electrons. The SMILES string of the molecule is CS(=O)(=O)CC(=O)N1C[C@@H]2CN(S(C)(=O)=O)CCO[C@@H]2C1. The first kappa shape index (κ1) is 16.7. The Balaban J connectivity index is 2.05. The van der Waals surface area contributed by atoms with Gasteiger partial charge in [-0.1, -0.05) is 0 Å². The number of ether oxygens (including phenoxy) is 1. The van der Waals surface area contributed by atoms with E-state index >= 15 is 0 Å². The van der Waals surface area contributed by atoms with Gasteiger partial charge in [-0.15, -0.1) is 0 Å². The van der Waals surface area contributed by atoms with Crippen LogP contribution in [0.1, 0.15) is 0 Å². The highest BCUT2D eigenvalue weighted by molar-refractivity contribution is 7.91. The molecule has 0 aromatic rings. The van der Waals surface area contributed by atoms with E-state index in [1.165, 1.54) is 9.21 Å². The van der Waals surface area contributed by atoms with E-state index in [0.717, 1.165) is 12.5 Å². The molecule has 0 aliphatic carbocycles. The van der Waals surface area contributed by atoms with Gasteiger partial charge in [0.1, 0.15) is 5.75 Å². The zero-order valence-electron chi connectivity index (χ0n) is 12.1. The van der Waals surface area contributed by atoms with Crippen LogP contribution in [0.2, 0.25) is 0 Å². The van der Waals surface area contributed by atoms with E-state index in [1.54, 1.807) is 0 Å². The van der Waals surface area contributed by atoms with Crippen molar-refractivity contribution in [2.24, 2.45) is 5.92 Å². The van der Waals surface area contributed by atoms with Crippen molar-refractivity contribution < 1.29 is 26.4 Å². The number of fused-ring (bicyclic) bond motifs is 1. The summed E-state index contributed by atoms with van der Waals surface area (Å²) in [6, 6.07) is 0. The standard InChI is InChI=1S/C11H20N2O6S2/c1-20(15,16)8-11(14)12-5-9-6-13(21(2,17)18)3-4-19-10(9)7-12/h9-10H,3-8H2,1-2H3/t9-,10-/m1/s1. The first-order chi connectivity index (χ1) is 9.56. The summed E-state index contributed by atoms with van der Waals surface area (Å²) in [6.45, 7) is 1.53. The lowest BCUT2D eigenvalue weighted by atomic mass is 10.1. The highest BCUT2D eigenvalue weighted by Gasteiger charge is 2.40. The number of carbonyl (C=O) groups excluding carboxylic acids is 1. The average Bonchev–Trinajstić information content (AvgIpc) is 2.58. The van der Waals surface area contributed by atoms with E-state index < -0.39 is 31.5 Å². The molecular formula is C11H20N2O6S2. The Labute approximate surface area is 125 Å². The van der Waals surface area contributed by atoms with Gasteiger partial charge in [-0.05, 0) is 0 Å². The van der Waals surface area contributed by atoms with Crippen LogP contribution in [0.4, 0.5) is 0 Å². The molecular weight excluding hydrogens is 320 g/mol. The Morgan fingerprint density at radius 2 is 1.81 bits per heavy atom. The van der Waals surface area contributed by atoms with Gasteiger partial charge in [0.15, 0.2) is 9.84 Å². The lowest BCUT2D eigenvalue weighted by Crippen LogP contribution is -2.38. The predicted octanol–water partition coefficient (Wildman–Crippen LogP) is -1.85. The van der Waals surface area contributed by atoms with Crippen LogP contribution in [0.3, 0.4) is 0 Å². The average molecular weight is 340 g/mol. The van der Waals surface area contributed by atoms with Crippen molar-refractivity contribution in [2.75, 3.05) is 51.1 Å². The molecule has 8 nitrogen and oxygen atoms in total. The molecule has 1 amide bonds. The molecule has 2 saturated heterocycles. The van der Waals surface area contributed by atoms with Gasteiger partial charge < -0.3 is 9.64 Å². The summed E-state index contributed by atoms with van der Waals surface area (Å²) in [5, 5.41) is 0. The molecule has 0 saturated carbocycles. The van der Waals surface area contributed by atoms with Gasteiger partial charge >= 0.3 is 0 Å². The minimum Gasteiger partial charge on any atom is -0.375 e. The Kier molecular flexibility index (Phi) is 4.62. The fourth-order valence-electron chi connectivity index (χ4n) is 2.68. The lowest BCUT2D eigenvalue weighted by molar-refractivity contribution is -0.128. The first-order valence-corrected chi connectivity index (χ1v) is 10.5. The largest absolute Gasteiger partial charge is 0.375 e. The van der Waals surface area contributed by atoms with Gasteiger partial charge in [0, 0.05) is 38.4 Å². The summed E-state index contributed by atoms with van der Waals surface area (Å²) < 4.78 is 52.6. The predicted molar refractivity (Wildman–Crippen MR) is 75.9 cm³/mol. The summed E-state index contributed by atoms with van der Waals surface area (Å²) in [5.41, 5.74) is 0. The third kappa shape index (κ3) is 4.38. The zero-order chi connectivity index (χ0) is 15.8. The molecule has 0 aromatic carbocycles. The van der Waals surface area contributed by atoms with Crippen LogP contribution in [0.25, 0.3) is 0 Å². The number of carbonyl (C=O) groups is 1. The van der Waals surface area contributed by atoms with Crippen molar-refractivity contribution in [1.82, 2.24) is 9.21 Å². The summed E-state index contributed by atoms with van der Waals surface area (Å²) >= 11 is 0. The van der Waals surface area contributed by atoms with Gasteiger partial charge in [0.2, 0.25) is 15.9 Å². The first-order valence-electron chi connectivity index (χ1n) is 6.58. The molecule has 2 aliphatic rings. The molecule has 2 aliphatic heterocycles. The van der Waals surface area contributed by atoms with Crippen molar-refractivity contribution in [3.05, 3.63) is 0 Å². The summed E-state index contributed by atoms with van der Waals surface area (Å²) in [4.78, 5) is 13.4. The second-order valence-electron chi connectivity index (χ2n) is 5.66. The molecule has 0 unspecified atom stereocenters. The topological polar surface area (TPSA) is 101 Å². The van der Waals surface area contributed by atoms with E-state index in [1.807, 2.05) is 0 Å². The van der Waals surface area contributed by atoms with Gasteiger partial charge in [0.05, 0.1) is 19.0 Å². The Hall–Kier alpha value is -0.710. The molecule has 2 atom stereocenters. The van der Waals surface area contributed by atoms with E-state index in [0.29, 0.717) is 26.2 Å². The van der Waals surface area contributed by atoms with Crippen molar-refractivity contribution >= 4 is 25.8 Å². The quantitative estimate of drug-likeness (QED) is 0.598. The molecule has 2 heterocycles. The van der Waals surface area contributed by atoms with Crippen molar-refractivity contribution in [2.45, 2.75) is 6.10 Å². The molecule has 0 N–H and O–H groups in total. The van der Waals surface area contributed by atoms with Crippen LogP contribution in [0.5, 0.6) is 0 Å². The molecule has 0 bridgehead atoms. The normalized spacial score (nSPS) is 28.2. The van der Waals surface area contributed by atoms with Crippen molar-refractivity contribution in [1.29, 1.82) is 0 Å². The number of hydrogen-bond acceptors (Lipinski definition) is 6. The Bertz CT molecular complexity index is 615. The zero-order valence-corrected chi connectivity index (χ0v) is 13.7. The van der Waals surface area contributed by atoms with E-state index in [4.69, 9.17) is 4.74 Å².